The van der Waals surface area contributed by atoms with Gasteiger partial charge in [-0.2, -0.15) is 0 Å². The molecule has 0 unspecified atom stereocenters. The van der Waals surface area contributed by atoms with Crippen LogP contribution in [0.1, 0.15) is 28.8 Å². The highest BCUT2D eigenvalue weighted by atomic mass is 16.6. The number of fused-ring (bicyclic) bond motifs is 1. The van der Waals surface area contributed by atoms with Crippen LogP contribution in [0.25, 0.3) is 0 Å². The van der Waals surface area contributed by atoms with Gasteiger partial charge in [0.05, 0.1) is 5.56 Å². The summed E-state index contributed by atoms with van der Waals surface area (Å²) in [4.78, 5) is 18.6. The average Bonchev–Trinajstić information content (AvgIpc) is 2.73. The molecule has 0 spiro atoms. The van der Waals surface area contributed by atoms with Crippen LogP contribution < -0.4 is 14.8 Å². The molecule has 4 rings (SSSR count). The summed E-state index contributed by atoms with van der Waals surface area (Å²) in [6.45, 7) is 6.30. The van der Waals surface area contributed by atoms with E-state index in [1.165, 1.54) is 5.56 Å². The second-order valence-corrected chi connectivity index (χ2v) is 7.70. The zero-order chi connectivity index (χ0) is 19.3. The van der Waals surface area contributed by atoms with Crippen molar-refractivity contribution < 1.29 is 14.3 Å². The molecule has 0 radical (unpaired) electrons. The lowest BCUT2D eigenvalue weighted by Crippen LogP contribution is -2.45. The smallest absolute Gasteiger partial charge is 0.252 e. The quantitative estimate of drug-likeness (QED) is 0.863. The van der Waals surface area contributed by atoms with Crippen molar-refractivity contribution in [2.75, 3.05) is 32.8 Å². The van der Waals surface area contributed by atoms with E-state index in [4.69, 9.17) is 9.47 Å². The van der Waals surface area contributed by atoms with E-state index < -0.39 is 0 Å². The molecule has 2 aliphatic heterocycles. The molecular formula is C22H27N3O3. The Bertz CT molecular complexity index is 804. The minimum Gasteiger partial charge on any atom is -0.486 e. The van der Waals surface area contributed by atoms with E-state index >= 15 is 0 Å². The number of benzene rings is 1. The minimum absolute atomic E-state index is 0.0442. The number of piperidine rings is 1. The Balaban J connectivity index is 1.20. The Labute approximate surface area is 165 Å². The monoisotopic (exact) mass is 381 g/mol. The molecule has 0 saturated carbocycles. The van der Waals surface area contributed by atoms with Crippen LogP contribution in [-0.2, 0) is 0 Å². The number of likely N-dealkylation sites (tertiary alicyclic amines) is 1. The number of carbonyl (C=O) groups excluding carboxylic acids is 1. The fourth-order valence-electron chi connectivity index (χ4n) is 3.81. The molecule has 1 saturated heterocycles. The Hall–Kier alpha value is -2.60. The molecule has 2 aromatic rings. The fourth-order valence-corrected chi connectivity index (χ4v) is 3.81. The SMILES string of the molecule is Cc1ccc2c(c1)O[C@@H](CN1CCC(CNC(=O)c3cccnc3)CC1)CO2. The van der Waals surface area contributed by atoms with E-state index in [0.717, 1.165) is 50.5 Å². The summed E-state index contributed by atoms with van der Waals surface area (Å²) >= 11 is 0. The van der Waals surface area contributed by atoms with Crippen LogP contribution in [0.15, 0.2) is 42.7 Å². The van der Waals surface area contributed by atoms with Gasteiger partial charge in [-0.15, -0.1) is 0 Å². The Morgan fingerprint density at radius 3 is 2.89 bits per heavy atom. The second kappa shape index (κ2) is 8.61. The van der Waals surface area contributed by atoms with Crippen LogP contribution in [0, 0.1) is 12.8 Å². The number of aromatic nitrogens is 1. The van der Waals surface area contributed by atoms with Crippen molar-refractivity contribution >= 4 is 5.91 Å². The van der Waals surface area contributed by atoms with Gasteiger partial charge in [-0.1, -0.05) is 6.07 Å². The average molecular weight is 381 g/mol. The van der Waals surface area contributed by atoms with E-state index in [2.05, 4.69) is 22.1 Å². The Morgan fingerprint density at radius 2 is 2.11 bits per heavy atom. The molecule has 1 N–H and O–H groups in total. The highest BCUT2D eigenvalue weighted by Crippen LogP contribution is 2.32. The zero-order valence-corrected chi connectivity index (χ0v) is 16.3. The number of hydrogen-bond donors (Lipinski definition) is 1. The van der Waals surface area contributed by atoms with Gasteiger partial charge in [-0.3, -0.25) is 14.7 Å². The molecule has 1 atom stereocenters. The van der Waals surface area contributed by atoms with Crippen LogP contribution >= 0.6 is 0 Å². The van der Waals surface area contributed by atoms with Crippen LogP contribution in [0.4, 0.5) is 0 Å². The van der Waals surface area contributed by atoms with Crippen molar-refractivity contribution in [3.8, 4) is 11.5 Å². The molecule has 6 heteroatoms. The lowest BCUT2D eigenvalue weighted by atomic mass is 9.96. The maximum Gasteiger partial charge on any atom is 0.252 e. The van der Waals surface area contributed by atoms with Gasteiger partial charge in [0.2, 0.25) is 0 Å². The van der Waals surface area contributed by atoms with E-state index in [0.29, 0.717) is 18.1 Å². The number of hydrogen-bond acceptors (Lipinski definition) is 5. The second-order valence-electron chi connectivity index (χ2n) is 7.70. The van der Waals surface area contributed by atoms with E-state index in [1.54, 1.807) is 24.5 Å². The zero-order valence-electron chi connectivity index (χ0n) is 16.3. The maximum absolute atomic E-state index is 12.1. The van der Waals surface area contributed by atoms with Crippen LogP contribution in [-0.4, -0.2) is 54.7 Å². The number of rotatable bonds is 5. The molecule has 1 aromatic heterocycles. The van der Waals surface area contributed by atoms with Gasteiger partial charge in [0, 0.05) is 25.5 Å². The standard InChI is InChI=1S/C22H27N3O3/c1-16-4-5-20-21(11-16)28-19(15-27-20)14-25-9-6-17(7-10-25)12-24-22(26)18-3-2-8-23-13-18/h2-5,8,11,13,17,19H,6-7,9-10,12,14-15H2,1H3,(H,24,26)/t19-/m0/s1. The first kappa shape index (κ1) is 18.7. The molecule has 6 nitrogen and oxygen atoms in total. The van der Waals surface area contributed by atoms with Gasteiger partial charge in [0.25, 0.3) is 5.91 Å². The summed E-state index contributed by atoms with van der Waals surface area (Å²) in [5.41, 5.74) is 1.79. The predicted molar refractivity (Wildman–Crippen MR) is 107 cm³/mol. The number of aryl methyl sites for hydroxylation is 1. The highest BCUT2D eigenvalue weighted by molar-refractivity contribution is 5.93. The van der Waals surface area contributed by atoms with Gasteiger partial charge in [0.15, 0.2) is 11.5 Å². The highest BCUT2D eigenvalue weighted by Gasteiger charge is 2.26. The third-order valence-electron chi connectivity index (χ3n) is 5.46. The number of carbonyl (C=O) groups is 1. The van der Waals surface area contributed by atoms with Crippen molar-refractivity contribution in [1.29, 1.82) is 0 Å². The summed E-state index contributed by atoms with van der Waals surface area (Å²) in [6.07, 6.45) is 5.50. The lowest BCUT2D eigenvalue weighted by molar-refractivity contribution is 0.0476. The predicted octanol–water partition coefficient (Wildman–Crippen LogP) is 2.67. The molecule has 1 amide bonds. The van der Waals surface area contributed by atoms with Crippen LogP contribution in [0.2, 0.25) is 0 Å². The number of nitrogens with one attached hydrogen (secondary N) is 1. The summed E-state index contributed by atoms with van der Waals surface area (Å²) in [5.74, 6) is 2.16. The first-order valence-electron chi connectivity index (χ1n) is 9.98. The summed E-state index contributed by atoms with van der Waals surface area (Å²) < 4.78 is 12.0. The van der Waals surface area contributed by atoms with Crippen molar-refractivity contribution in [1.82, 2.24) is 15.2 Å². The molecule has 1 fully saturated rings. The molecule has 148 valence electrons. The van der Waals surface area contributed by atoms with Gasteiger partial charge in [-0.05, 0) is 68.6 Å². The molecule has 0 aliphatic carbocycles. The Morgan fingerprint density at radius 1 is 1.25 bits per heavy atom. The first-order valence-corrected chi connectivity index (χ1v) is 9.98. The third kappa shape index (κ3) is 4.62. The van der Waals surface area contributed by atoms with Crippen LogP contribution in [0.3, 0.4) is 0 Å². The topological polar surface area (TPSA) is 63.7 Å². The van der Waals surface area contributed by atoms with Gasteiger partial charge in [0.1, 0.15) is 12.7 Å². The lowest BCUT2D eigenvalue weighted by Gasteiger charge is -2.35. The third-order valence-corrected chi connectivity index (χ3v) is 5.46. The molecule has 2 aliphatic rings. The summed E-state index contributed by atoms with van der Waals surface area (Å²) in [6, 6.07) is 9.63. The number of ether oxygens (including phenoxy) is 2. The van der Waals surface area contributed by atoms with Gasteiger partial charge in [-0.25, -0.2) is 0 Å². The maximum atomic E-state index is 12.1. The van der Waals surface area contributed by atoms with E-state index in [9.17, 15) is 4.79 Å². The molecule has 3 heterocycles. The van der Waals surface area contributed by atoms with E-state index in [-0.39, 0.29) is 12.0 Å². The van der Waals surface area contributed by atoms with Crippen molar-refractivity contribution in [3.05, 3.63) is 53.9 Å². The molecule has 1 aromatic carbocycles. The van der Waals surface area contributed by atoms with Crippen molar-refractivity contribution in [3.63, 3.8) is 0 Å². The van der Waals surface area contributed by atoms with Gasteiger partial charge < -0.3 is 14.8 Å². The number of pyridine rings is 1. The minimum atomic E-state index is -0.0442. The largest absolute Gasteiger partial charge is 0.486 e. The van der Waals surface area contributed by atoms with Crippen molar-refractivity contribution in [2.24, 2.45) is 5.92 Å². The van der Waals surface area contributed by atoms with E-state index in [1.807, 2.05) is 18.2 Å². The number of amides is 1. The van der Waals surface area contributed by atoms with Gasteiger partial charge >= 0.3 is 0 Å². The Kier molecular flexibility index (Phi) is 5.76. The van der Waals surface area contributed by atoms with Crippen LogP contribution in [0.5, 0.6) is 11.5 Å². The molecule has 28 heavy (non-hydrogen) atoms. The first-order chi connectivity index (χ1) is 13.7. The summed E-state index contributed by atoms with van der Waals surface area (Å²) in [7, 11) is 0. The number of nitrogens with zero attached hydrogens (tertiary/aromatic N) is 2. The molecule has 0 bridgehead atoms. The fraction of sp³-hybridized carbons (Fsp3) is 0.455. The normalized spacial score (nSPS) is 20.0. The van der Waals surface area contributed by atoms with Crippen molar-refractivity contribution in [2.45, 2.75) is 25.9 Å². The molecular weight excluding hydrogens is 354 g/mol. The summed E-state index contributed by atoms with van der Waals surface area (Å²) in [5, 5.41) is 3.04.